The zero-order chi connectivity index (χ0) is 26.4. The number of fused-ring (bicyclic) bond motifs is 2. The van der Waals surface area contributed by atoms with E-state index in [1.165, 1.54) is 27.0 Å². The highest BCUT2D eigenvalue weighted by Gasteiger charge is 2.34. The van der Waals surface area contributed by atoms with Gasteiger partial charge in [-0.3, -0.25) is 9.59 Å². The Balaban J connectivity index is 1.25. The molecule has 0 atom stereocenters. The number of carbonyl (C=O) groups excluding carboxylic acids is 2. The van der Waals surface area contributed by atoms with E-state index in [0.29, 0.717) is 49.7 Å². The molecule has 38 heavy (non-hydrogen) atoms. The molecule has 12 heteroatoms. The smallest absolute Gasteiger partial charge is 0.252 e. The van der Waals surface area contributed by atoms with E-state index < -0.39 is 10.0 Å². The van der Waals surface area contributed by atoms with Gasteiger partial charge in [-0.15, -0.1) is 34.0 Å². The molecule has 4 aromatic rings. The number of anilines is 1. The van der Waals surface area contributed by atoms with E-state index in [0.717, 1.165) is 36.2 Å². The first-order chi connectivity index (χ1) is 18.3. The summed E-state index contributed by atoms with van der Waals surface area (Å²) in [5, 5.41) is 6.57. The van der Waals surface area contributed by atoms with Gasteiger partial charge >= 0.3 is 0 Å². The lowest BCUT2D eigenvalue weighted by molar-refractivity contribution is -0.129. The Bertz CT molecular complexity index is 1580. The minimum Gasteiger partial charge on any atom is -0.337 e. The molecule has 6 rings (SSSR count). The summed E-state index contributed by atoms with van der Waals surface area (Å²) in [6.45, 7) is 3.39. The Hall–Kier alpha value is -2.64. The summed E-state index contributed by atoms with van der Waals surface area (Å²) >= 11 is 4.34. The number of carbonyl (C=O) groups is 2. The van der Waals surface area contributed by atoms with Crippen LogP contribution in [-0.4, -0.2) is 54.1 Å². The van der Waals surface area contributed by atoms with E-state index in [1.807, 2.05) is 29.2 Å². The standard InChI is InChI=1S/C26H26N4O4S4/c1-16(31)29-11-10-18-21(15-29)37-26(23(18)25-27-19-5-2-3-6-20(19)36-25)28-24(32)17-8-12-30(13-9-17)38(33,34)22-7-4-14-35-22/h2-7,14,17H,8-13,15H2,1H3,(H,28,32). The predicted molar refractivity (Wildman–Crippen MR) is 152 cm³/mol. The summed E-state index contributed by atoms with van der Waals surface area (Å²) in [7, 11) is -3.51. The first-order valence-corrected chi connectivity index (χ1v) is 16.4. The summed E-state index contributed by atoms with van der Waals surface area (Å²) in [6.07, 6.45) is 1.65. The second-order valence-electron chi connectivity index (χ2n) is 9.48. The molecule has 1 fully saturated rings. The molecule has 2 aliphatic rings. The second kappa shape index (κ2) is 10.2. The Morgan fingerprint density at radius 3 is 2.55 bits per heavy atom. The lowest BCUT2D eigenvalue weighted by atomic mass is 9.97. The molecule has 0 saturated carbocycles. The number of para-hydroxylation sites is 1. The van der Waals surface area contributed by atoms with Crippen LogP contribution in [0.3, 0.4) is 0 Å². The van der Waals surface area contributed by atoms with Crippen molar-refractivity contribution < 1.29 is 18.0 Å². The summed E-state index contributed by atoms with van der Waals surface area (Å²) in [5.41, 5.74) is 3.03. The van der Waals surface area contributed by atoms with Crippen molar-refractivity contribution >= 4 is 71.1 Å². The third-order valence-corrected chi connectivity index (χ3v) is 12.6. The van der Waals surface area contributed by atoms with Gasteiger partial charge in [0.15, 0.2) is 0 Å². The lowest BCUT2D eigenvalue weighted by Gasteiger charge is -2.30. The average Bonchev–Trinajstić information content (AvgIpc) is 3.66. The number of thiophene rings is 2. The van der Waals surface area contributed by atoms with Crippen molar-refractivity contribution in [3.05, 3.63) is 52.2 Å². The highest BCUT2D eigenvalue weighted by molar-refractivity contribution is 7.91. The highest BCUT2D eigenvalue weighted by Crippen LogP contribution is 2.46. The maximum absolute atomic E-state index is 13.4. The maximum atomic E-state index is 13.4. The van der Waals surface area contributed by atoms with Crippen LogP contribution in [0.4, 0.5) is 5.00 Å². The van der Waals surface area contributed by atoms with Crippen molar-refractivity contribution in [2.24, 2.45) is 5.92 Å². The fraction of sp³-hybridized carbons (Fsp3) is 0.346. The van der Waals surface area contributed by atoms with Gasteiger partial charge in [0.2, 0.25) is 11.8 Å². The third-order valence-electron chi connectivity index (χ3n) is 7.16. The van der Waals surface area contributed by atoms with Crippen LogP contribution in [0.25, 0.3) is 20.8 Å². The van der Waals surface area contributed by atoms with E-state index in [-0.39, 0.29) is 17.7 Å². The molecule has 198 valence electrons. The Morgan fingerprint density at radius 2 is 1.84 bits per heavy atom. The first kappa shape index (κ1) is 25.6. The number of nitrogens with zero attached hydrogens (tertiary/aromatic N) is 3. The number of amides is 2. The monoisotopic (exact) mass is 586 g/mol. The molecule has 0 unspecified atom stereocenters. The van der Waals surface area contributed by atoms with Gasteiger partial charge in [-0.05, 0) is 48.4 Å². The van der Waals surface area contributed by atoms with E-state index in [1.54, 1.807) is 35.8 Å². The summed E-state index contributed by atoms with van der Waals surface area (Å²) in [4.78, 5) is 33.3. The molecule has 1 saturated heterocycles. The van der Waals surface area contributed by atoms with Crippen LogP contribution in [0.1, 0.15) is 30.2 Å². The van der Waals surface area contributed by atoms with Gasteiger partial charge < -0.3 is 10.2 Å². The number of hydrogen-bond donors (Lipinski definition) is 1. The van der Waals surface area contributed by atoms with Gasteiger partial charge in [0.1, 0.15) is 14.2 Å². The number of rotatable bonds is 5. The van der Waals surface area contributed by atoms with Crippen LogP contribution in [0.15, 0.2) is 46.0 Å². The number of piperidine rings is 1. The van der Waals surface area contributed by atoms with Crippen LogP contribution in [0.5, 0.6) is 0 Å². The third kappa shape index (κ3) is 4.68. The van der Waals surface area contributed by atoms with Gasteiger partial charge in [-0.2, -0.15) is 4.31 Å². The molecular formula is C26H26N4O4S4. The molecule has 1 aromatic carbocycles. The Labute approximate surface area is 233 Å². The van der Waals surface area contributed by atoms with Crippen molar-refractivity contribution in [2.45, 2.75) is 36.9 Å². The minimum atomic E-state index is -3.51. The molecule has 0 bridgehead atoms. The number of benzene rings is 1. The number of aromatic nitrogens is 1. The Morgan fingerprint density at radius 1 is 1.05 bits per heavy atom. The van der Waals surface area contributed by atoms with Crippen molar-refractivity contribution in [3.63, 3.8) is 0 Å². The molecule has 2 aliphatic heterocycles. The van der Waals surface area contributed by atoms with Gasteiger partial charge in [0.25, 0.3) is 10.0 Å². The van der Waals surface area contributed by atoms with Gasteiger partial charge in [-0.1, -0.05) is 18.2 Å². The van der Waals surface area contributed by atoms with Gasteiger partial charge in [0, 0.05) is 42.9 Å². The van der Waals surface area contributed by atoms with Crippen LogP contribution in [0, 0.1) is 5.92 Å². The normalized spacial score (nSPS) is 17.0. The molecule has 0 spiro atoms. The maximum Gasteiger partial charge on any atom is 0.252 e. The van der Waals surface area contributed by atoms with Crippen LogP contribution < -0.4 is 5.32 Å². The fourth-order valence-corrected chi connectivity index (χ4v) is 10.1. The molecular weight excluding hydrogens is 561 g/mol. The molecule has 5 heterocycles. The van der Waals surface area contributed by atoms with E-state index in [2.05, 4.69) is 5.32 Å². The number of hydrogen-bond acceptors (Lipinski definition) is 8. The van der Waals surface area contributed by atoms with Crippen LogP contribution in [-0.2, 0) is 32.6 Å². The number of nitrogens with one attached hydrogen (secondary N) is 1. The van der Waals surface area contributed by atoms with E-state index in [4.69, 9.17) is 4.98 Å². The number of thiazole rings is 1. The highest BCUT2D eigenvalue weighted by atomic mass is 32.2. The summed E-state index contributed by atoms with van der Waals surface area (Å²) in [5.74, 6) is -0.330. The van der Waals surface area contributed by atoms with E-state index >= 15 is 0 Å². The van der Waals surface area contributed by atoms with Crippen molar-refractivity contribution in [2.75, 3.05) is 25.0 Å². The molecule has 1 N–H and O–H groups in total. The minimum absolute atomic E-state index is 0.0421. The topological polar surface area (TPSA) is 99.7 Å². The van der Waals surface area contributed by atoms with Crippen molar-refractivity contribution in [3.8, 4) is 10.6 Å². The zero-order valence-corrected chi connectivity index (χ0v) is 23.9. The molecule has 2 amide bonds. The van der Waals surface area contributed by atoms with Crippen molar-refractivity contribution in [1.82, 2.24) is 14.2 Å². The van der Waals surface area contributed by atoms with Crippen molar-refractivity contribution in [1.29, 1.82) is 0 Å². The van der Waals surface area contributed by atoms with E-state index in [9.17, 15) is 18.0 Å². The lowest BCUT2D eigenvalue weighted by Crippen LogP contribution is -2.41. The number of sulfonamides is 1. The second-order valence-corrected chi connectivity index (χ2v) is 14.7. The summed E-state index contributed by atoms with van der Waals surface area (Å²) < 4.78 is 28.7. The molecule has 0 aliphatic carbocycles. The largest absolute Gasteiger partial charge is 0.337 e. The van der Waals surface area contributed by atoms with Crippen LogP contribution in [0.2, 0.25) is 0 Å². The molecule has 0 radical (unpaired) electrons. The van der Waals surface area contributed by atoms with Gasteiger partial charge in [-0.25, -0.2) is 13.4 Å². The summed E-state index contributed by atoms with van der Waals surface area (Å²) in [6, 6.07) is 11.3. The quantitative estimate of drug-likeness (QED) is 0.354. The molecule has 8 nitrogen and oxygen atoms in total. The van der Waals surface area contributed by atoms with Crippen LogP contribution >= 0.6 is 34.0 Å². The zero-order valence-electron chi connectivity index (χ0n) is 20.7. The molecule has 3 aromatic heterocycles. The average molecular weight is 587 g/mol. The first-order valence-electron chi connectivity index (χ1n) is 12.4. The SMILES string of the molecule is CC(=O)N1CCc2c(sc(NC(=O)C3CCN(S(=O)(=O)c4cccs4)CC3)c2-c2nc3ccccc3s2)C1. The van der Waals surface area contributed by atoms with Gasteiger partial charge in [0.05, 0.1) is 16.8 Å². The fourth-order valence-electron chi connectivity index (χ4n) is 5.08. The Kier molecular flexibility index (Phi) is 6.85. The predicted octanol–water partition coefficient (Wildman–Crippen LogP) is 5.03.